The van der Waals surface area contributed by atoms with E-state index in [2.05, 4.69) is 45.7 Å². The number of anilines is 1. The predicted molar refractivity (Wildman–Crippen MR) is 133 cm³/mol. The van der Waals surface area contributed by atoms with Gasteiger partial charge in [0.15, 0.2) is 0 Å². The number of nitrogens with zero attached hydrogens (tertiary/aromatic N) is 4. The van der Waals surface area contributed by atoms with Crippen molar-refractivity contribution in [3.8, 4) is 5.75 Å². The van der Waals surface area contributed by atoms with Crippen LogP contribution in [-0.4, -0.2) is 69.8 Å². The van der Waals surface area contributed by atoms with Gasteiger partial charge in [0.1, 0.15) is 23.9 Å². The van der Waals surface area contributed by atoms with E-state index < -0.39 is 12.4 Å². The molecule has 0 radical (unpaired) electrons. The lowest BCUT2D eigenvalue weighted by atomic mass is 9.78. The summed E-state index contributed by atoms with van der Waals surface area (Å²) in [6, 6.07) is 4.25. The second-order valence-corrected chi connectivity index (χ2v) is 9.77. The molecular formula is C26H36F3N5O2. The van der Waals surface area contributed by atoms with Gasteiger partial charge in [-0.05, 0) is 69.3 Å². The number of alkyl halides is 3. The van der Waals surface area contributed by atoms with Gasteiger partial charge < -0.3 is 19.9 Å². The molecule has 1 amide bonds. The van der Waals surface area contributed by atoms with Crippen LogP contribution in [0.5, 0.6) is 5.75 Å². The lowest BCUT2D eigenvalue weighted by Gasteiger charge is -2.44. The van der Waals surface area contributed by atoms with Crippen LogP contribution in [0.2, 0.25) is 0 Å². The molecule has 7 nitrogen and oxygen atoms in total. The standard InChI is InChI=1S/C26H36F3N5O2/c1-4-7-17-14-18(33(5-2)6-3)8-11-23(17)34-13-12-22(25(34)35)32-24-20-15-19(36-26(27,28)29)9-10-21(20)30-16-31-24/h9-10,15-18,22-23H,4-8,11-14H2,1-3H3,(H,30,31,32)/t17-,18+,22-,23-/m0/s1. The van der Waals surface area contributed by atoms with E-state index in [9.17, 15) is 18.0 Å². The number of benzene rings is 1. The van der Waals surface area contributed by atoms with Crippen LogP contribution in [0, 0.1) is 5.92 Å². The minimum Gasteiger partial charge on any atom is -0.406 e. The van der Waals surface area contributed by atoms with Crippen LogP contribution >= 0.6 is 0 Å². The molecule has 1 aromatic heterocycles. The Morgan fingerprint density at radius 3 is 2.61 bits per heavy atom. The summed E-state index contributed by atoms with van der Waals surface area (Å²) in [4.78, 5) is 26.5. The maximum absolute atomic E-state index is 13.5. The quantitative estimate of drug-likeness (QED) is 0.502. The number of carbonyl (C=O) groups excluding carboxylic acids is 1. The highest BCUT2D eigenvalue weighted by molar-refractivity contribution is 5.93. The first-order chi connectivity index (χ1) is 17.2. The van der Waals surface area contributed by atoms with E-state index in [-0.39, 0.29) is 17.7 Å². The second-order valence-electron chi connectivity index (χ2n) is 9.77. The molecule has 10 heteroatoms. The summed E-state index contributed by atoms with van der Waals surface area (Å²) in [5.74, 6) is 0.499. The number of fused-ring (bicyclic) bond motifs is 1. The number of nitrogens with one attached hydrogen (secondary N) is 1. The SMILES string of the molecule is CCC[C@H]1C[C@H](N(CC)CC)CC[C@@H]1N1CC[C@H](Nc2ncnc3ccc(OC(F)(F)F)cc23)C1=O. The first kappa shape index (κ1) is 26.4. The molecule has 1 saturated heterocycles. The van der Waals surface area contributed by atoms with Crippen LogP contribution in [-0.2, 0) is 4.79 Å². The van der Waals surface area contributed by atoms with Crippen molar-refractivity contribution < 1.29 is 22.7 Å². The summed E-state index contributed by atoms with van der Waals surface area (Å²) in [5.41, 5.74) is 0.474. The van der Waals surface area contributed by atoms with E-state index in [0.717, 1.165) is 45.2 Å². The zero-order chi connectivity index (χ0) is 25.9. The summed E-state index contributed by atoms with van der Waals surface area (Å²) in [6.07, 6.45) is 2.56. The largest absolute Gasteiger partial charge is 0.573 e. The number of aromatic nitrogens is 2. The third-order valence-electron chi connectivity index (χ3n) is 7.69. The summed E-state index contributed by atoms with van der Waals surface area (Å²) < 4.78 is 42.2. The van der Waals surface area contributed by atoms with Gasteiger partial charge in [0.2, 0.25) is 5.91 Å². The minimum absolute atomic E-state index is 0.0388. The molecule has 2 aromatic rings. The van der Waals surface area contributed by atoms with Gasteiger partial charge in [0, 0.05) is 24.0 Å². The Labute approximate surface area is 210 Å². The lowest BCUT2D eigenvalue weighted by Crippen LogP contribution is -2.50. The molecule has 198 valence electrons. The zero-order valence-electron chi connectivity index (χ0n) is 21.2. The number of hydrogen-bond donors (Lipinski definition) is 1. The topological polar surface area (TPSA) is 70.6 Å². The molecule has 0 unspecified atom stereocenters. The van der Waals surface area contributed by atoms with Gasteiger partial charge in [-0.1, -0.05) is 27.2 Å². The van der Waals surface area contributed by atoms with Crippen molar-refractivity contribution in [2.24, 2.45) is 5.92 Å². The van der Waals surface area contributed by atoms with Crippen LogP contribution in [0.25, 0.3) is 10.9 Å². The van der Waals surface area contributed by atoms with Crippen molar-refractivity contribution in [1.29, 1.82) is 0 Å². The van der Waals surface area contributed by atoms with Gasteiger partial charge in [-0.3, -0.25) is 4.79 Å². The number of ether oxygens (including phenoxy) is 1. The average Bonchev–Trinajstić information content (AvgIpc) is 3.19. The zero-order valence-corrected chi connectivity index (χ0v) is 21.2. The lowest BCUT2D eigenvalue weighted by molar-refractivity contribution is -0.274. The molecule has 0 bridgehead atoms. The monoisotopic (exact) mass is 507 g/mol. The summed E-state index contributed by atoms with van der Waals surface area (Å²) in [6.45, 7) is 9.37. The Kier molecular flexibility index (Phi) is 8.22. The first-order valence-corrected chi connectivity index (χ1v) is 13.1. The molecule has 1 N–H and O–H groups in total. The van der Waals surface area contributed by atoms with Gasteiger partial charge in [-0.15, -0.1) is 13.2 Å². The number of carbonyl (C=O) groups is 1. The van der Waals surface area contributed by atoms with Crippen molar-refractivity contribution in [2.75, 3.05) is 25.0 Å². The van der Waals surface area contributed by atoms with Gasteiger partial charge in [0.05, 0.1) is 5.52 Å². The Morgan fingerprint density at radius 1 is 1.14 bits per heavy atom. The Morgan fingerprint density at radius 2 is 1.92 bits per heavy atom. The normalized spacial score (nSPS) is 25.1. The highest BCUT2D eigenvalue weighted by atomic mass is 19.4. The maximum atomic E-state index is 13.5. The molecule has 4 rings (SSSR count). The van der Waals surface area contributed by atoms with E-state index >= 15 is 0 Å². The Bertz CT molecular complexity index is 1050. The van der Waals surface area contributed by atoms with E-state index in [1.165, 1.54) is 24.5 Å². The van der Waals surface area contributed by atoms with E-state index in [1.807, 2.05) is 4.90 Å². The summed E-state index contributed by atoms with van der Waals surface area (Å²) in [5, 5.41) is 3.58. The average molecular weight is 508 g/mol. The fourth-order valence-electron chi connectivity index (χ4n) is 6.06. The van der Waals surface area contributed by atoms with Crippen LogP contribution in [0.15, 0.2) is 24.5 Å². The van der Waals surface area contributed by atoms with Gasteiger partial charge in [-0.25, -0.2) is 9.97 Å². The molecular weight excluding hydrogens is 471 g/mol. The highest BCUT2D eigenvalue weighted by Gasteiger charge is 2.42. The molecule has 2 aliphatic rings. The van der Waals surface area contributed by atoms with Crippen molar-refractivity contribution in [1.82, 2.24) is 19.8 Å². The molecule has 2 heterocycles. The second kappa shape index (κ2) is 11.2. The van der Waals surface area contributed by atoms with Crippen molar-refractivity contribution in [2.45, 2.75) is 83.8 Å². The van der Waals surface area contributed by atoms with Gasteiger partial charge >= 0.3 is 6.36 Å². The van der Waals surface area contributed by atoms with E-state index in [4.69, 9.17) is 0 Å². The Hall–Kier alpha value is -2.62. The predicted octanol–water partition coefficient (Wildman–Crippen LogP) is 5.22. The number of halogens is 3. The maximum Gasteiger partial charge on any atom is 0.573 e. The number of hydrogen-bond acceptors (Lipinski definition) is 6. The molecule has 0 spiro atoms. The van der Waals surface area contributed by atoms with E-state index in [0.29, 0.717) is 41.6 Å². The Balaban J connectivity index is 1.49. The fourth-order valence-corrected chi connectivity index (χ4v) is 6.06. The summed E-state index contributed by atoms with van der Waals surface area (Å²) in [7, 11) is 0. The molecule has 1 aromatic carbocycles. The third kappa shape index (κ3) is 5.85. The van der Waals surface area contributed by atoms with Crippen LogP contribution < -0.4 is 10.1 Å². The van der Waals surface area contributed by atoms with Gasteiger partial charge in [-0.2, -0.15) is 0 Å². The third-order valence-corrected chi connectivity index (χ3v) is 7.69. The van der Waals surface area contributed by atoms with Crippen molar-refractivity contribution >= 4 is 22.6 Å². The molecule has 1 aliphatic heterocycles. The fraction of sp³-hybridized carbons (Fsp3) is 0.654. The number of amides is 1. The van der Waals surface area contributed by atoms with E-state index in [1.54, 1.807) is 0 Å². The molecule has 2 fully saturated rings. The molecule has 1 aliphatic carbocycles. The molecule has 1 saturated carbocycles. The highest BCUT2D eigenvalue weighted by Crippen LogP contribution is 2.37. The van der Waals surface area contributed by atoms with Crippen LogP contribution in [0.4, 0.5) is 19.0 Å². The van der Waals surface area contributed by atoms with Gasteiger partial charge in [0.25, 0.3) is 0 Å². The number of rotatable bonds is 9. The van der Waals surface area contributed by atoms with Crippen LogP contribution in [0.1, 0.15) is 59.3 Å². The smallest absolute Gasteiger partial charge is 0.406 e. The van der Waals surface area contributed by atoms with Crippen LogP contribution in [0.3, 0.4) is 0 Å². The summed E-state index contributed by atoms with van der Waals surface area (Å²) >= 11 is 0. The molecule has 4 atom stereocenters. The van der Waals surface area contributed by atoms with Crippen molar-refractivity contribution in [3.63, 3.8) is 0 Å². The number of likely N-dealkylation sites (tertiary alicyclic amines) is 1. The van der Waals surface area contributed by atoms with Crippen molar-refractivity contribution in [3.05, 3.63) is 24.5 Å². The molecule has 36 heavy (non-hydrogen) atoms. The first-order valence-electron chi connectivity index (χ1n) is 13.1. The minimum atomic E-state index is -4.79.